The maximum absolute atomic E-state index is 3.56. The fraction of sp³-hybridized carbons (Fsp3) is 0.625. The Kier molecular flexibility index (Phi) is 3.67. The van der Waals surface area contributed by atoms with Crippen LogP contribution < -0.4 is 5.32 Å². The minimum atomic E-state index is 0.667. The van der Waals surface area contributed by atoms with E-state index in [2.05, 4.69) is 41.5 Å². The second-order valence-electron chi connectivity index (χ2n) is 5.90. The molecule has 98 valence electrons. The van der Waals surface area contributed by atoms with Gasteiger partial charge in [-0.1, -0.05) is 37.1 Å². The molecular weight excluding hydrogens is 220 g/mol. The lowest BCUT2D eigenvalue weighted by Crippen LogP contribution is -2.38. The maximum Gasteiger partial charge on any atom is 0.0208 e. The van der Waals surface area contributed by atoms with Gasteiger partial charge in [-0.25, -0.2) is 0 Å². The number of likely N-dealkylation sites (N-methyl/N-ethyl adjacent to an activating group) is 1. The molecule has 0 spiro atoms. The predicted octanol–water partition coefficient (Wildman–Crippen LogP) is 2.75. The van der Waals surface area contributed by atoms with Crippen LogP contribution in [0.25, 0.3) is 0 Å². The molecule has 2 aliphatic rings. The normalized spacial score (nSPS) is 24.4. The van der Waals surface area contributed by atoms with Crippen LogP contribution in [0.2, 0.25) is 0 Å². The van der Waals surface area contributed by atoms with Crippen LogP contribution >= 0.6 is 0 Å². The average Bonchev–Trinajstić information content (AvgIpc) is 2.93. The van der Waals surface area contributed by atoms with Crippen molar-refractivity contribution in [3.63, 3.8) is 0 Å². The van der Waals surface area contributed by atoms with Crippen LogP contribution in [0.15, 0.2) is 24.3 Å². The number of fused-ring (bicyclic) bond motifs is 1. The number of rotatable bonds is 3. The molecule has 1 atom stereocenters. The molecule has 1 aliphatic carbocycles. The Bertz CT molecular complexity index is 396. The van der Waals surface area contributed by atoms with E-state index in [4.69, 9.17) is 0 Å². The monoisotopic (exact) mass is 244 g/mol. The highest BCUT2D eigenvalue weighted by Gasteiger charge is 2.25. The minimum absolute atomic E-state index is 0.667. The molecule has 1 fully saturated rings. The number of nitrogens with one attached hydrogen (secondary N) is 1. The average molecular weight is 244 g/mol. The summed E-state index contributed by atoms with van der Waals surface area (Å²) in [7, 11) is 2.31. The number of benzene rings is 1. The van der Waals surface area contributed by atoms with Crippen LogP contribution in [0.4, 0.5) is 0 Å². The van der Waals surface area contributed by atoms with E-state index in [0.29, 0.717) is 5.92 Å². The Balaban J connectivity index is 1.70. The molecule has 2 heteroatoms. The number of hydrogen-bond acceptors (Lipinski definition) is 2. The van der Waals surface area contributed by atoms with Gasteiger partial charge in [-0.2, -0.15) is 0 Å². The summed E-state index contributed by atoms with van der Waals surface area (Å²) in [5.74, 6) is 0.667. The molecule has 0 aromatic heterocycles. The molecule has 3 rings (SSSR count). The molecule has 1 N–H and O–H groups in total. The van der Waals surface area contributed by atoms with E-state index in [9.17, 15) is 0 Å². The van der Waals surface area contributed by atoms with E-state index in [1.165, 1.54) is 37.8 Å². The van der Waals surface area contributed by atoms with Gasteiger partial charge in [0.15, 0.2) is 0 Å². The van der Waals surface area contributed by atoms with Crippen molar-refractivity contribution in [3.8, 4) is 0 Å². The van der Waals surface area contributed by atoms with Gasteiger partial charge in [-0.15, -0.1) is 0 Å². The van der Waals surface area contributed by atoms with E-state index in [1.54, 1.807) is 5.56 Å². The van der Waals surface area contributed by atoms with Crippen LogP contribution in [-0.2, 0) is 6.54 Å². The standard InChI is InChI=1S/C16H24N2/c1-18(15-7-3-4-8-15)12-14-11-17-10-13-6-2-5-9-16(13)14/h2,5-6,9,14-15,17H,3-4,7-8,10-12H2,1H3. The van der Waals surface area contributed by atoms with Crippen molar-refractivity contribution in [2.45, 2.75) is 44.2 Å². The van der Waals surface area contributed by atoms with Crippen LogP contribution in [0.5, 0.6) is 0 Å². The molecule has 1 aliphatic heterocycles. The lowest BCUT2D eigenvalue weighted by atomic mass is 9.90. The Hall–Kier alpha value is -0.860. The Labute approximate surface area is 110 Å². The third-order valence-corrected chi connectivity index (χ3v) is 4.66. The van der Waals surface area contributed by atoms with E-state index in [1.807, 2.05) is 0 Å². The van der Waals surface area contributed by atoms with Gasteiger partial charge in [-0.05, 0) is 31.0 Å². The molecule has 1 aromatic rings. The van der Waals surface area contributed by atoms with Gasteiger partial charge in [0, 0.05) is 31.6 Å². The van der Waals surface area contributed by atoms with Gasteiger partial charge in [0.25, 0.3) is 0 Å². The zero-order chi connectivity index (χ0) is 12.4. The van der Waals surface area contributed by atoms with Crippen molar-refractivity contribution in [1.82, 2.24) is 10.2 Å². The molecule has 18 heavy (non-hydrogen) atoms. The predicted molar refractivity (Wildman–Crippen MR) is 75.8 cm³/mol. The minimum Gasteiger partial charge on any atom is -0.312 e. The van der Waals surface area contributed by atoms with Gasteiger partial charge >= 0.3 is 0 Å². The Morgan fingerprint density at radius 3 is 2.83 bits per heavy atom. The summed E-state index contributed by atoms with van der Waals surface area (Å²) in [5, 5.41) is 3.56. The lowest BCUT2D eigenvalue weighted by Gasteiger charge is -2.32. The Morgan fingerprint density at radius 2 is 2.00 bits per heavy atom. The second-order valence-corrected chi connectivity index (χ2v) is 5.90. The first-order valence-electron chi connectivity index (χ1n) is 7.33. The van der Waals surface area contributed by atoms with Gasteiger partial charge in [0.05, 0.1) is 0 Å². The summed E-state index contributed by atoms with van der Waals surface area (Å²) in [5.41, 5.74) is 3.06. The van der Waals surface area contributed by atoms with Gasteiger partial charge in [0.1, 0.15) is 0 Å². The molecular formula is C16H24N2. The van der Waals surface area contributed by atoms with Gasteiger partial charge in [-0.3, -0.25) is 0 Å². The first-order chi connectivity index (χ1) is 8.84. The summed E-state index contributed by atoms with van der Waals surface area (Å²) in [6.07, 6.45) is 5.65. The summed E-state index contributed by atoms with van der Waals surface area (Å²) < 4.78 is 0. The van der Waals surface area contributed by atoms with E-state index >= 15 is 0 Å². The molecule has 1 heterocycles. The van der Waals surface area contributed by atoms with E-state index < -0.39 is 0 Å². The molecule has 1 unspecified atom stereocenters. The van der Waals surface area contributed by atoms with Crippen molar-refractivity contribution in [1.29, 1.82) is 0 Å². The maximum atomic E-state index is 3.56. The molecule has 0 radical (unpaired) electrons. The molecule has 0 amide bonds. The molecule has 1 aromatic carbocycles. The van der Waals surface area contributed by atoms with Crippen LogP contribution in [0.3, 0.4) is 0 Å². The third kappa shape index (κ3) is 2.45. The molecule has 2 nitrogen and oxygen atoms in total. The van der Waals surface area contributed by atoms with Crippen LogP contribution in [0.1, 0.15) is 42.7 Å². The fourth-order valence-corrected chi connectivity index (χ4v) is 3.59. The largest absolute Gasteiger partial charge is 0.312 e. The van der Waals surface area contributed by atoms with Crippen molar-refractivity contribution < 1.29 is 0 Å². The zero-order valence-electron chi connectivity index (χ0n) is 11.4. The summed E-state index contributed by atoms with van der Waals surface area (Å²) in [6, 6.07) is 9.77. The third-order valence-electron chi connectivity index (χ3n) is 4.66. The smallest absolute Gasteiger partial charge is 0.0208 e. The number of nitrogens with zero attached hydrogens (tertiary/aromatic N) is 1. The SMILES string of the molecule is CN(CC1CNCc2ccccc21)C1CCCC1. The highest BCUT2D eigenvalue weighted by Crippen LogP contribution is 2.28. The summed E-state index contributed by atoms with van der Waals surface area (Å²) >= 11 is 0. The highest BCUT2D eigenvalue weighted by atomic mass is 15.1. The molecule has 0 bridgehead atoms. The number of hydrogen-bond donors (Lipinski definition) is 1. The van der Waals surface area contributed by atoms with Crippen LogP contribution in [-0.4, -0.2) is 31.1 Å². The van der Waals surface area contributed by atoms with Crippen molar-refractivity contribution in [2.75, 3.05) is 20.1 Å². The molecule has 0 saturated heterocycles. The second kappa shape index (κ2) is 5.41. The highest BCUT2D eigenvalue weighted by molar-refractivity contribution is 5.32. The van der Waals surface area contributed by atoms with Crippen molar-refractivity contribution in [3.05, 3.63) is 35.4 Å². The first-order valence-corrected chi connectivity index (χ1v) is 7.33. The van der Waals surface area contributed by atoms with E-state index in [-0.39, 0.29) is 0 Å². The zero-order valence-corrected chi connectivity index (χ0v) is 11.4. The van der Waals surface area contributed by atoms with Crippen molar-refractivity contribution >= 4 is 0 Å². The van der Waals surface area contributed by atoms with E-state index in [0.717, 1.165) is 19.1 Å². The Morgan fingerprint density at radius 1 is 1.22 bits per heavy atom. The molecule has 1 saturated carbocycles. The summed E-state index contributed by atoms with van der Waals surface area (Å²) in [6.45, 7) is 3.38. The van der Waals surface area contributed by atoms with Gasteiger partial charge < -0.3 is 10.2 Å². The van der Waals surface area contributed by atoms with Gasteiger partial charge in [0.2, 0.25) is 0 Å². The quantitative estimate of drug-likeness (QED) is 0.879. The summed E-state index contributed by atoms with van der Waals surface area (Å²) in [4.78, 5) is 2.60. The topological polar surface area (TPSA) is 15.3 Å². The fourth-order valence-electron chi connectivity index (χ4n) is 3.59. The lowest BCUT2D eigenvalue weighted by molar-refractivity contribution is 0.226. The van der Waals surface area contributed by atoms with Crippen LogP contribution in [0, 0.1) is 0 Å². The van der Waals surface area contributed by atoms with Crippen molar-refractivity contribution in [2.24, 2.45) is 0 Å². The first kappa shape index (κ1) is 12.2.